The highest BCUT2D eigenvalue weighted by Gasteiger charge is 2.13. The summed E-state index contributed by atoms with van der Waals surface area (Å²) in [6.07, 6.45) is 1.37. The maximum absolute atomic E-state index is 11.9. The van der Waals surface area contributed by atoms with E-state index in [-0.39, 0.29) is 12.0 Å². The SMILES string of the molecule is COc1cc(/C=N/NC(=O)Cc2c(C)[nH][nH]c2=O)cc(OC)c1OC. The maximum Gasteiger partial charge on any atom is 0.267 e. The number of carbonyl (C=O) groups excluding carboxylic acids is 1. The van der Waals surface area contributed by atoms with Crippen molar-refractivity contribution in [2.24, 2.45) is 5.10 Å². The molecule has 0 spiro atoms. The standard InChI is InChI=1S/C16H20N4O5/c1-9-11(16(22)20-18-9)7-14(21)19-17-8-10-5-12(23-2)15(25-4)13(6-10)24-3/h5-6,8H,7H2,1-4H3,(H,19,21)(H2,18,20,22)/b17-8+. The van der Waals surface area contributed by atoms with Crippen molar-refractivity contribution in [1.29, 1.82) is 0 Å². The van der Waals surface area contributed by atoms with Crippen LogP contribution in [0.5, 0.6) is 17.2 Å². The van der Waals surface area contributed by atoms with E-state index in [1.165, 1.54) is 27.5 Å². The Balaban J connectivity index is 2.09. The molecule has 0 fully saturated rings. The molecule has 0 aliphatic heterocycles. The quantitative estimate of drug-likeness (QED) is 0.504. The summed E-state index contributed by atoms with van der Waals surface area (Å²) >= 11 is 0. The molecular weight excluding hydrogens is 328 g/mol. The van der Waals surface area contributed by atoms with Gasteiger partial charge in [-0.05, 0) is 19.1 Å². The molecule has 0 saturated heterocycles. The largest absolute Gasteiger partial charge is 0.493 e. The van der Waals surface area contributed by atoms with Crippen molar-refractivity contribution in [2.45, 2.75) is 13.3 Å². The number of nitrogens with one attached hydrogen (secondary N) is 3. The van der Waals surface area contributed by atoms with Crippen LogP contribution in [0, 0.1) is 6.92 Å². The molecule has 1 heterocycles. The molecule has 0 bridgehead atoms. The van der Waals surface area contributed by atoms with Crippen molar-refractivity contribution in [3.63, 3.8) is 0 Å². The molecule has 0 saturated carbocycles. The molecule has 0 radical (unpaired) electrons. The highest BCUT2D eigenvalue weighted by atomic mass is 16.5. The van der Waals surface area contributed by atoms with Crippen molar-refractivity contribution < 1.29 is 19.0 Å². The summed E-state index contributed by atoms with van der Waals surface area (Å²) in [6.45, 7) is 1.71. The van der Waals surface area contributed by atoms with E-state index in [1.807, 2.05) is 0 Å². The third-order valence-electron chi connectivity index (χ3n) is 3.52. The molecule has 1 aromatic heterocycles. The average Bonchev–Trinajstić information content (AvgIpc) is 2.92. The zero-order chi connectivity index (χ0) is 18.4. The Labute approximate surface area is 144 Å². The van der Waals surface area contributed by atoms with E-state index in [0.717, 1.165) is 0 Å². The number of hydrogen-bond donors (Lipinski definition) is 3. The van der Waals surface area contributed by atoms with Crippen LogP contribution in [-0.2, 0) is 11.2 Å². The molecule has 1 amide bonds. The highest BCUT2D eigenvalue weighted by molar-refractivity contribution is 5.85. The van der Waals surface area contributed by atoms with Gasteiger partial charge in [-0.2, -0.15) is 5.10 Å². The van der Waals surface area contributed by atoms with Gasteiger partial charge in [0.15, 0.2) is 11.5 Å². The Bertz CT molecular complexity index is 812. The molecule has 0 unspecified atom stereocenters. The lowest BCUT2D eigenvalue weighted by Gasteiger charge is -2.12. The second kappa shape index (κ2) is 8.04. The summed E-state index contributed by atoms with van der Waals surface area (Å²) in [5.74, 6) is 1.01. The van der Waals surface area contributed by atoms with Gasteiger partial charge in [0.25, 0.3) is 5.56 Å². The normalized spacial score (nSPS) is 10.7. The van der Waals surface area contributed by atoms with E-state index in [2.05, 4.69) is 20.7 Å². The molecule has 1 aromatic carbocycles. The maximum atomic E-state index is 11.9. The second-order valence-electron chi connectivity index (χ2n) is 5.11. The topological polar surface area (TPSA) is 118 Å². The molecule has 0 aliphatic carbocycles. The number of benzene rings is 1. The number of hydrogen-bond acceptors (Lipinski definition) is 6. The first-order chi connectivity index (χ1) is 12.0. The van der Waals surface area contributed by atoms with Crippen molar-refractivity contribution in [2.75, 3.05) is 21.3 Å². The van der Waals surface area contributed by atoms with E-state index >= 15 is 0 Å². The Kier molecular flexibility index (Phi) is 5.83. The van der Waals surface area contributed by atoms with Crippen molar-refractivity contribution in [3.05, 3.63) is 39.3 Å². The minimum absolute atomic E-state index is 0.0722. The Morgan fingerprint density at radius 3 is 2.28 bits per heavy atom. The van der Waals surface area contributed by atoms with Crippen LogP contribution in [0.2, 0.25) is 0 Å². The molecule has 134 valence electrons. The first-order valence-corrected chi connectivity index (χ1v) is 7.38. The predicted octanol–water partition coefficient (Wildman–Crippen LogP) is 0.730. The number of aromatic amines is 2. The van der Waals surface area contributed by atoms with Crippen LogP contribution in [0.1, 0.15) is 16.8 Å². The molecule has 3 N–H and O–H groups in total. The van der Waals surface area contributed by atoms with Gasteiger partial charge in [-0.25, -0.2) is 5.43 Å². The second-order valence-corrected chi connectivity index (χ2v) is 5.11. The van der Waals surface area contributed by atoms with E-state index < -0.39 is 5.91 Å². The van der Waals surface area contributed by atoms with E-state index in [9.17, 15) is 9.59 Å². The number of H-pyrrole nitrogens is 2. The van der Waals surface area contributed by atoms with Gasteiger partial charge in [-0.3, -0.25) is 14.7 Å². The van der Waals surface area contributed by atoms with Gasteiger partial charge in [0.1, 0.15) is 0 Å². The summed E-state index contributed by atoms with van der Waals surface area (Å²) in [6, 6.07) is 3.38. The summed E-state index contributed by atoms with van der Waals surface area (Å²) in [4.78, 5) is 23.4. The monoisotopic (exact) mass is 348 g/mol. The minimum Gasteiger partial charge on any atom is -0.493 e. The van der Waals surface area contributed by atoms with Crippen molar-refractivity contribution in [3.8, 4) is 17.2 Å². The smallest absolute Gasteiger partial charge is 0.267 e. The molecule has 2 aromatic rings. The van der Waals surface area contributed by atoms with E-state index in [4.69, 9.17) is 14.2 Å². The molecular formula is C16H20N4O5. The number of aryl methyl sites for hydroxylation is 1. The minimum atomic E-state index is -0.406. The van der Waals surface area contributed by atoms with Gasteiger partial charge in [0.05, 0.1) is 34.0 Å². The number of ether oxygens (including phenoxy) is 3. The van der Waals surface area contributed by atoms with Crippen molar-refractivity contribution >= 4 is 12.1 Å². The fourth-order valence-electron chi connectivity index (χ4n) is 2.24. The van der Waals surface area contributed by atoms with Crippen LogP contribution in [0.3, 0.4) is 0 Å². The number of aromatic nitrogens is 2. The van der Waals surface area contributed by atoms with Gasteiger partial charge in [-0.15, -0.1) is 0 Å². The summed E-state index contributed by atoms with van der Waals surface area (Å²) < 4.78 is 15.7. The van der Waals surface area contributed by atoms with Crippen LogP contribution < -0.4 is 25.2 Å². The van der Waals surface area contributed by atoms with Crippen LogP contribution in [0.4, 0.5) is 0 Å². The highest BCUT2D eigenvalue weighted by Crippen LogP contribution is 2.37. The van der Waals surface area contributed by atoms with Gasteiger partial charge in [-0.1, -0.05) is 0 Å². The first-order valence-electron chi connectivity index (χ1n) is 7.38. The molecule has 2 rings (SSSR count). The number of amides is 1. The third-order valence-corrected chi connectivity index (χ3v) is 3.52. The van der Waals surface area contributed by atoms with Crippen LogP contribution in [0.15, 0.2) is 22.0 Å². The number of carbonyl (C=O) groups is 1. The third kappa shape index (κ3) is 4.19. The number of rotatable bonds is 7. The number of hydrazone groups is 1. The van der Waals surface area contributed by atoms with Crippen LogP contribution in [0.25, 0.3) is 0 Å². The summed E-state index contributed by atoms with van der Waals surface area (Å²) in [5, 5.41) is 8.98. The van der Waals surface area contributed by atoms with Gasteiger partial charge in [0.2, 0.25) is 11.7 Å². The zero-order valence-corrected chi connectivity index (χ0v) is 14.4. The van der Waals surface area contributed by atoms with Crippen molar-refractivity contribution in [1.82, 2.24) is 15.6 Å². The zero-order valence-electron chi connectivity index (χ0n) is 14.4. The Morgan fingerprint density at radius 1 is 1.16 bits per heavy atom. The Hall–Kier alpha value is -3.23. The van der Waals surface area contributed by atoms with Gasteiger partial charge >= 0.3 is 0 Å². The lowest BCUT2D eigenvalue weighted by atomic mass is 10.2. The van der Waals surface area contributed by atoms with Gasteiger partial charge in [0, 0.05) is 16.8 Å². The number of methoxy groups -OCH3 is 3. The molecule has 9 heteroatoms. The molecule has 0 atom stereocenters. The molecule has 0 aliphatic rings. The van der Waals surface area contributed by atoms with Gasteiger partial charge < -0.3 is 19.3 Å². The van der Waals surface area contributed by atoms with E-state index in [0.29, 0.717) is 34.1 Å². The van der Waals surface area contributed by atoms with Crippen LogP contribution in [-0.4, -0.2) is 43.6 Å². The molecule has 9 nitrogen and oxygen atoms in total. The van der Waals surface area contributed by atoms with E-state index in [1.54, 1.807) is 19.1 Å². The lowest BCUT2D eigenvalue weighted by Crippen LogP contribution is -2.23. The summed E-state index contributed by atoms with van der Waals surface area (Å²) in [7, 11) is 4.53. The predicted molar refractivity (Wildman–Crippen MR) is 91.7 cm³/mol. The number of nitrogens with zero attached hydrogens (tertiary/aromatic N) is 1. The first kappa shape index (κ1) is 18.1. The fraction of sp³-hybridized carbons (Fsp3) is 0.312. The fourth-order valence-corrected chi connectivity index (χ4v) is 2.24. The van der Waals surface area contributed by atoms with Crippen LogP contribution >= 0.6 is 0 Å². The summed E-state index contributed by atoms with van der Waals surface area (Å²) in [5.41, 5.74) is 3.70. The lowest BCUT2D eigenvalue weighted by molar-refractivity contribution is -0.120. The Morgan fingerprint density at radius 2 is 1.80 bits per heavy atom. The average molecular weight is 348 g/mol. The molecule has 25 heavy (non-hydrogen) atoms.